The van der Waals surface area contributed by atoms with Crippen LogP contribution in [-0.4, -0.2) is 10.8 Å². The first-order chi connectivity index (χ1) is 17.0. The number of ether oxygens (including phenoxy) is 1. The molecule has 0 fully saturated rings. The monoisotopic (exact) mass is 623 g/mol. The second-order valence-corrected chi connectivity index (χ2v) is 8.94. The SMILES string of the molecule is N#C/C(=C\c1cc(Br)c(OCc2ccc([N+](=O)[O-])cc2)c(Br)c1)C(=O)Nc1cccc(C(F)(F)F)c1. The van der Waals surface area contributed by atoms with Crippen LogP contribution < -0.4 is 10.1 Å². The average molecular weight is 625 g/mol. The van der Waals surface area contributed by atoms with E-state index in [0.717, 1.165) is 18.2 Å². The summed E-state index contributed by atoms with van der Waals surface area (Å²) >= 11 is 6.74. The highest BCUT2D eigenvalue weighted by molar-refractivity contribution is 9.11. The molecule has 0 radical (unpaired) electrons. The Balaban J connectivity index is 1.75. The zero-order valence-electron chi connectivity index (χ0n) is 18.0. The van der Waals surface area contributed by atoms with Gasteiger partial charge in [0.1, 0.15) is 24.0 Å². The lowest BCUT2D eigenvalue weighted by Crippen LogP contribution is -2.14. The molecule has 0 saturated carbocycles. The molecule has 12 heteroatoms. The lowest BCUT2D eigenvalue weighted by molar-refractivity contribution is -0.384. The summed E-state index contributed by atoms with van der Waals surface area (Å²) in [6.45, 7) is 0.118. The van der Waals surface area contributed by atoms with Gasteiger partial charge in [-0.05, 0) is 91.5 Å². The maximum Gasteiger partial charge on any atom is 0.416 e. The molecule has 0 atom stereocenters. The summed E-state index contributed by atoms with van der Waals surface area (Å²) in [6, 6.07) is 14.9. The smallest absolute Gasteiger partial charge is 0.416 e. The Kier molecular flexibility index (Phi) is 8.49. The third-order valence-electron chi connectivity index (χ3n) is 4.67. The van der Waals surface area contributed by atoms with E-state index in [2.05, 4.69) is 37.2 Å². The first kappa shape index (κ1) is 26.9. The molecule has 0 saturated heterocycles. The maximum atomic E-state index is 12.9. The van der Waals surface area contributed by atoms with Crippen LogP contribution >= 0.6 is 31.9 Å². The highest BCUT2D eigenvalue weighted by Crippen LogP contribution is 2.36. The quantitative estimate of drug-likeness (QED) is 0.129. The Morgan fingerprint density at radius 3 is 2.31 bits per heavy atom. The number of non-ortho nitro benzene ring substituents is 1. The molecule has 0 spiro atoms. The van der Waals surface area contributed by atoms with Crippen LogP contribution in [-0.2, 0) is 17.6 Å². The number of hydrogen-bond donors (Lipinski definition) is 1. The normalized spacial score (nSPS) is 11.5. The summed E-state index contributed by atoms with van der Waals surface area (Å²) in [5, 5.41) is 22.5. The summed E-state index contributed by atoms with van der Waals surface area (Å²) < 4.78 is 45.5. The number of amides is 1. The molecule has 3 aromatic rings. The molecule has 0 aliphatic carbocycles. The molecule has 36 heavy (non-hydrogen) atoms. The van der Waals surface area contributed by atoms with Crippen molar-refractivity contribution in [3.05, 3.63) is 102 Å². The van der Waals surface area contributed by atoms with Gasteiger partial charge in [0.05, 0.1) is 19.4 Å². The van der Waals surface area contributed by atoms with E-state index in [9.17, 15) is 33.3 Å². The molecular weight excluding hydrogens is 611 g/mol. The van der Waals surface area contributed by atoms with Crippen molar-refractivity contribution in [1.82, 2.24) is 0 Å². The molecule has 1 amide bonds. The van der Waals surface area contributed by atoms with Crippen molar-refractivity contribution < 1.29 is 27.6 Å². The number of carbonyl (C=O) groups excluding carboxylic acids is 1. The molecule has 0 aliphatic heterocycles. The number of carbonyl (C=O) groups is 1. The van der Waals surface area contributed by atoms with Gasteiger partial charge in [-0.3, -0.25) is 14.9 Å². The van der Waals surface area contributed by atoms with Gasteiger partial charge in [-0.2, -0.15) is 18.4 Å². The number of halogens is 5. The van der Waals surface area contributed by atoms with E-state index in [0.29, 0.717) is 25.8 Å². The van der Waals surface area contributed by atoms with Crippen LogP contribution in [0.15, 0.2) is 75.2 Å². The van der Waals surface area contributed by atoms with Crippen LogP contribution in [0.2, 0.25) is 0 Å². The van der Waals surface area contributed by atoms with Crippen molar-refractivity contribution >= 4 is 55.2 Å². The minimum Gasteiger partial charge on any atom is -0.487 e. The number of nitriles is 1. The first-order valence-electron chi connectivity index (χ1n) is 9.93. The van der Waals surface area contributed by atoms with Gasteiger partial charge >= 0.3 is 6.18 Å². The van der Waals surface area contributed by atoms with Crippen LogP contribution in [0, 0.1) is 21.4 Å². The lowest BCUT2D eigenvalue weighted by Gasteiger charge is -2.12. The average Bonchev–Trinajstić information content (AvgIpc) is 2.82. The number of benzene rings is 3. The molecule has 184 valence electrons. The molecule has 0 aromatic heterocycles. The molecular formula is C24H14Br2F3N3O4. The predicted octanol–water partition coefficient (Wildman–Crippen LogP) is 7.26. The number of nitrogens with zero attached hydrogens (tertiary/aromatic N) is 2. The number of hydrogen-bond acceptors (Lipinski definition) is 5. The lowest BCUT2D eigenvalue weighted by atomic mass is 10.1. The van der Waals surface area contributed by atoms with Gasteiger partial charge in [0.25, 0.3) is 11.6 Å². The van der Waals surface area contributed by atoms with Crippen molar-refractivity contribution in [2.24, 2.45) is 0 Å². The first-order valence-corrected chi connectivity index (χ1v) is 11.5. The van der Waals surface area contributed by atoms with Crippen molar-refractivity contribution in [2.45, 2.75) is 12.8 Å². The van der Waals surface area contributed by atoms with E-state index in [1.54, 1.807) is 30.3 Å². The molecule has 0 aliphatic rings. The fourth-order valence-electron chi connectivity index (χ4n) is 2.96. The Labute approximate surface area is 219 Å². The summed E-state index contributed by atoms with van der Waals surface area (Å²) in [4.78, 5) is 22.8. The molecule has 1 N–H and O–H groups in total. The number of anilines is 1. The van der Waals surface area contributed by atoms with Crippen LogP contribution in [0.1, 0.15) is 16.7 Å². The molecule has 0 bridgehead atoms. The second kappa shape index (κ2) is 11.4. The number of nitro benzene ring substituents is 1. The van der Waals surface area contributed by atoms with Crippen LogP contribution in [0.5, 0.6) is 5.75 Å². The largest absolute Gasteiger partial charge is 0.487 e. The zero-order valence-corrected chi connectivity index (χ0v) is 21.1. The van der Waals surface area contributed by atoms with E-state index >= 15 is 0 Å². The fourth-order valence-corrected chi connectivity index (χ4v) is 4.41. The van der Waals surface area contributed by atoms with Crippen LogP contribution in [0.3, 0.4) is 0 Å². The second-order valence-electron chi connectivity index (χ2n) is 7.23. The van der Waals surface area contributed by atoms with Crippen LogP contribution in [0.4, 0.5) is 24.5 Å². The Morgan fingerprint density at radius 1 is 1.11 bits per heavy atom. The molecule has 0 unspecified atom stereocenters. The van der Waals surface area contributed by atoms with Gasteiger partial charge in [0.15, 0.2) is 0 Å². The highest BCUT2D eigenvalue weighted by Gasteiger charge is 2.30. The van der Waals surface area contributed by atoms with E-state index in [1.807, 2.05) is 0 Å². The van der Waals surface area contributed by atoms with Gasteiger partial charge in [0, 0.05) is 17.8 Å². The van der Waals surface area contributed by atoms with Crippen molar-refractivity contribution in [3.63, 3.8) is 0 Å². The van der Waals surface area contributed by atoms with E-state index in [4.69, 9.17) is 4.74 Å². The predicted molar refractivity (Wildman–Crippen MR) is 133 cm³/mol. The molecule has 7 nitrogen and oxygen atoms in total. The third-order valence-corrected chi connectivity index (χ3v) is 5.85. The fraction of sp³-hybridized carbons (Fsp3) is 0.0833. The summed E-state index contributed by atoms with van der Waals surface area (Å²) in [6.07, 6.45) is -3.30. The minimum absolute atomic E-state index is 0.0392. The Bertz CT molecular complexity index is 1360. The van der Waals surface area contributed by atoms with Gasteiger partial charge in [-0.25, -0.2) is 0 Å². The van der Waals surface area contributed by atoms with Crippen molar-refractivity contribution in [2.75, 3.05) is 5.32 Å². The van der Waals surface area contributed by atoms with Gasteiger partial charge in [-0.1, -0.05) is 6.07 Å². The summed E-state index contributed by atoms with van der Waals surface area (Å²) in [5.41, 5.74) is -0.268. The zero-order chi connectivity index (χ0) is 26.5. The topological polar surface area (TPSA) is 105 Å². The summed E-state index contributed by atoms with van der Waals surface area (Å²) in [5.74, 6) is -0.458. The van der Waals surface area contributed by atoms with Gasteiger partial charge < -0.3 is 10.1 Å². The van der Waals surface area contributed by atoms with Crippen molar-refractivity contribution in [1.29, 1.82) is 5.26 Å². The van der Waals surface area contributed by atoms with Crippen molar-refractivity contribution in [3.8, 4) is 11.8 Å². The number of nitro groups is 1. The van der Waals surface area contributed by atoms with Crippen LogP contribution in [0.25, 0.3) is 6.08 Å². The number of alkyl halides is 3. The highest BCUT2D eigenvalue weighted by atomic mass is 79.9. The van der Waals surface area contributed by atoms with E-state index in [1.165, 1.54) is 24.3 Å². The standard InChI is InChI=1S/C24H14Br2F3N3O4/c25-20-9-15(10-21(26)22(20)36-13-14-4-6-19(7-5-14)32(34)35)8-16(12-30)23(33)31-18-3-1-2-17(11-18)24(27,28)29/h1-11H,13H2,(H,31,33)/b16-8+. The number of nitrogens with one attached hydrogen (secondary N) is 1. The van der Waals surface area contributed by atoms with Gasteiger partial charge in [-0.15, -0.1) is 0 Å². The molecule has 3 rings (SSSR count). The third kappa shape index (κ3) is 6.93. The Hall–Kier alpha value is -3.69. The summed E-state index contributed by atoms with van der Waals surface area (Å²) in [7, 11) is 0. The van der Waals surface area contributed by atoms with E-state index < -0.39 is 22.6 Å². The Morgan fingerprint density at radius 2 is 1.75 bits per heavy atom. The molecule has 3 aromatic carbocycles. The van der Waals surface area contributed by atoms with E-state index in [-0.39, 0.29) is 23.6 Å². The number of rotatable bonds is 7. The van der Waals surface area contributed by atoms with Gasteiger partial charge in [0.2, 0.25) is 0 Å². The maximum absolute atomic E-state index is 12.9. The molecule has 0 heterocycles. The minimum atomic E-state index is -4.57.